The third-order valence-electron chi connectivity index (χ3n) is 10.5. The molecule has 5 N–H and O–H groups in total. The molecule has 0 aromatic rings. The van der Waals surface area contributed by atoms with Gasteiger partial charge in [0, 0.05) is 42.9 Å². The number of quaternary nitrogens is 1. The van der Waals surface area contributed by atoms with Gasteiger partial charge in [0.1, 0.15) is 5.60 Å². The van der Waals surface area contributed by atoms with E-state index in [4.69, 9.17) is 10.5 Å². The number of piperidine rings is 1. The van der Waals surface area contributed by atoms with Gasteiger partial charge in [-0.2, -0.15) is 0 Å². The summed E-state index contributed by atoms with van der Waals surface area (Å²) < 4.78 is 5.50. The average Bonchev–Trinajstić information content (AvgIpc) is 3.07. The number of hydrogen-bond acceptors (Lipinski definition) is 6. The fraction of sp³-hybridized carbons (Fsp3) is 0.840. The van der Waals surface area contributed by atoms with Gasteiger partial charge < -0.3 is 30.8 Å². The van der Waals surface area contributed by atoms with Crippen LogP contribution < -0.4 is 21.1 Å². The number of aliphatic imine (C=N–C) groups is 1. The Hall–Kier alpha value is -1.48. The first kappa shape index (κ1) is 23.3. The Balaban J connectivity index is 1.78. The van der Waals surface area contributed by atoms with Crippen LogP contribution >= 0.6 is 0 Å². The zero-order valence-corrected chi connectivity index (χ0v) is 20.3. The number of guanidine groups is 1. The van der Waals surface area contributed by atoms with Crippen molar-refractivity contribution >= 4 is 11.9 Å². The van der Waals surface area contributed by atoms with Crippen LogP contribution in [0.2, 0.25) is 0 Å². The Morgan fingerprint density at radius 1 is 1.30 bits per heavy atom. The Labute approximate surface area is 196 Å². The Morgan fingerprint density at radius 2 is 2.06 bits per heavy atom. The van der Waals surface area contributed by atoms with E-state index in [9.17, 15) is 15.0 Å². The number of ether oxygens (including phenoxy) is 1. The van der Waals surface area contributed by atoms with Gasteiger partial charge >= 0.3 is 0 Å². The van der Waals surface area contributed by atoms with Crippen molar-refractivity contribution in [1.82, 2.24) is 5.32 Å². The van der Waals surface area contributed by atoms with Crippen molar-refractivity contribution in [1.29, 1.82) is 0 Å². The number of carboxylic acids is 1. The number of hydrogen-bond donors (Lipinski definition) is 4. The lowest BCUT2D eigenvalue weighted by Gasteiger charge is -2.65. The molecule has 1 heterocycles. The molecule has 33 heavy (non-hydrogen) atoms. The van der Waals surface area contributed by atoms with Crippen LogP contribution in [0, 0.1) is 34.5 Å². The molecule has 184 valence electrons. The molecular weight excluding hydrogens is 420 g/mol. The summed E-state index contributed by atoms with van der Waals surface area (Å²) in [4.78, 5) is 18.2. The molecule has 8 atom stereocenters. The van der Waals surface area contributed by atoms with E-state index in [1.54, 1.807) is 14.2 Å². The minimum absolute atomic E-state index is 0.00548. The van der Waals surface area contributed by atoms with Gasteiger partial charge in [0.05, 0.1) is 25.7 Å². The van der Waals surface area contributed by atoms with Gasteiger partial charge in [-0.3, -0.25) is 4.90 Å². The van der Waals surface area contributed by atoms with Crippen LogP contribution in [0.15, 0.2) is 16.1 Å². The molecule has 5 aliphatic rings. The first-order valence-electron chi connectivity index (χ1n) is 12.7. The molecule has 4 aliphatic carbocycles. The number of nitrogens with zero attached hydrogens (tertiary/aromatic N) is 1. The predicted octanol–water partition coefficient (Wildman–Crippen LogP) is -1.30. The largest absolute Gasteiger partial charge is 0.545 e. The number of carboxylic acid groups (broad SMARTS) is 1. The number of carbonyl (C=O) groups is 1. The quantitative estimate of drug-likeness (QED) is 0.299. The molecule has 0 radical (unpaired) electrons. The second kappa shape index (κ2) is 8.04. The molecule has 2 spiro atoms. The summed E-state index contributed by atoms with van der Waals surface area (Å²) in [6.07, 6.45) is 6.92. The van der Waals surface area contributed by atoms with Gasteiger partial charge in [-0.15, -0.1) is 0 Å². The highest BCUT2D eigenvalue weighted by molar-refractivity contribution is 5.90. The van der Waals surface area contributed by atoms with Gasteiger partial charge in [0.2, 0.25) is 0 Å². The molecule has 4 fully saturated rings. The summed E-state index contributed by atoms with van der Waals surface area (Å²) in [5.41, 5.74) is 5.60. The van der Waals surface area contributed by atoms with Gasteiger partial charge in [0.25, 0.3) is 5.96 Å². The third kappa shape index (κ3) is 2.72. The van der Waals surface area contributed by atoms with Crippen LogP contribution in [-0.4, -0.2) is 70.1 Å². The van der Waals surface area contributed by atoms with E-state index in [1.807, 2.05) is 7.05 Å². The van der Waals surface area contributed by atoms with E-state index in [2.05, 4.69) is 10.3 Å². The van der Waals surface area contributed by atoms with Crippen molar-refractivity contribution < 1.29 is 24.6 Å². The maximum absolute atomic E-state index is 12.7. The SMILES string of the molecule is CN=C(N)[NH+]1CC[C@@H](CNC)[C@@]2(C1)[C@@H]1CC[C@H]3CCC[C@H]4[C@@]32C(=C(C(=O)[O-])[C@]4(O)COC)C1. The molecule has 1 unspecified atom stereocenters. The highest BCUT2D eigenvalue weighted by Crippen LogP contribution is 2.80. The predicted molar refractivity (Wildman–Crippen MR) is 122 cm³/mol. The number of nitrogens with two attached hydrogens (primary N) is 1. The Bertz CT molecular complexity index is 890. The van der Waals surface area contributed by atoms with Crippen LogP contribution in [0.25, 0.3) is 0 Å². The maximum Gasteiger partial charge on any atom is 0.293 e. The Kier molecular flexibility index (Phi) is 5.67. The lowest BCUT2D eigenvalue weighted by atomic mass is 9.40. The molecule has 3 saturated carbocycles. The second-order valence-electron chi connectivity index (χ2n) is 11.2. The fourth-order valence-corrected chi connectivity index (χ4v) is 9.93. The van der Waals surface area contributed by atoms with Crippen LogP contribution in [0.4, 0.5) is 0 Å². The highest BCUT2D eigenvalue weighted by atomic mass is 16.5. The van der Waals surface area contributed by atoms with E-state index < -0.39 is 11.6 Å². The normalized spacial score (nSPS) is 46.7. The van der Waals surface area contributed by atoms with E-state index in [0.29, 0.717) is 23.7 Å². The van der Waals surface area contributed by atoms with Gasteiger partial charge in [-0.25, -0.2) is 4.99 Å². The summed E-state index contributed by atoms with van der Waals surface area (Å²) in [5, 5.41) is 28.2. The van der Waals surface area contributed by atoms with Gasteiger partial charge in [0.15, 0.2) is 0 Å². The van der Waals surface area contributed by atoms with E-state index >= 15 is 0 Å². The van der Waals surface area contributed by atoms with Crippen molar-refractivity contribution in [2.45, 2.75) is 50.5 Å². The first-order valence-corrected chi connectivity index (χ1v) is 12.7. The number of nitrogens with one attached hydrogen (secondary N) is 2. The third-order valence-corrected chi connectivity index (χ3v) is 10.5. The van der Waals surface area contributed by atoms with Gasteiger partial charge in [-0.1, -0.05) is 12.0 Å². The molecule has 5 rings (SSSR count). The standard InChI is InChI=1S/C25H40N4O4/c1-27-12-17-9-10-29(22(26)28-2)13-23(17)16-8-7-15-5-4-6-19-24(32,14-33-3)20(21(30)31)18(11-16)25(15,19)23/h15-17,19,27,32H,4-14H2,1-3H3,(H2,26,28)(H,30,31)/t15-,16-,17+,19-,23-,24+,25+/m1/s1. The topological polar surface area (TPSA) is 124 Å². The molecule has 0 aromatic heterocycles. The van der Waals surface area contributed by atoms with Crippen LogP contribution in [0.1, 0.15) is 44.9 Å². The molecule has 0 aromatic carbocycles. The summed E-state index contributed by atoms with van der Waals surface area (Å²) in [7, 11) is 5.32. The molecule has 1 saturated heterocycles. The van der Waals surface area contributed by atoms with Crippen LogP contribution in [-0.2, 0) is 9.53 Å². The number of allylic oxidation sites excluding steroid dienone is 1. The Morgan fingerprint density at radius 3 is 2.73 bits per heavy atom. The average molecular weight is 461 g/mol. The van der Waals surface area contributed by atoms with Crippen LogP contribution in [0.3, 0.4) is 0 Å². The molecule has 8 heteroatoms. The lowest BCUT2D eigenvalue weighted by Crippen LogP contribution is -3.19. The van der Waals surface area contributed by atoms with E-state index in [-0.39, 0.29) is 28.9 Å². The number of carbonyl (C=O) groups excluding carboxylic acids is 1. The van der Waals surface area contributed by atoms with Gasteiger partial charge in [-0.05, 0) is 63.5 Å². The minimum atomic E-state index is -1.50. The number of likely N-dealkylation sites (tertiary alicyclic amines) is 1. The minimum Gasteiger partial charge on any atom is -0.545 e. The van der Waals surface area contributed by atoms with Crippen molar-refractivity contribution in [3.8, 4) is 0 Å². The number of aliphatic hydroxyl groups is 1. The summed E-state index contributed by atoms with van der Waals surface area (Å²) >= 11 is 0. The summed E-state index contributed by atoms with van der Waals surface area (Å²) in [6.45, 7) is 2.69. The zero-order valence-electron chi connectivity index (χ0n) is 20.3. The summed E-state index contributed by atoms with van der Waals surface area (Å²) in [5.74, 6) is 0.437. The smallest absolute Gasteiger partial charge is 0.293 e. The highest BCUT2D eigenvalue weighted by Gasteiger charge is 2.80. The van der Waals surface area contributed by atoms with Crippen molar-refractivity contribution in [3.63, 3.8) is 0 Å². The molecule has 2 bridgehead atoms. The van der Waals surface area contributed by atoms with Crippen molar-refractivity contribution in [3.05, 3.63) is 11.1 Å². The molecule has 8 nitrogen and oxygen atoms in total. The second-order valence-corrected chi connectivity index (χ2v) is 11.2. The number of rotatable bonds is 5. The van der Waals surface area contributed by atoms with E-state index in [0.717, 1.165) is 70.2 Å². The maximum atomic E-state index is 12.7. The molecule has 0 amide bonds. The zero-order chi connectivity index (χ0) is 23.6. The summed E-state index contributed by atoms with van der Waals surface area (Å²) in [6, 6.07) is 0. The van der Waals surface area contributed by atoms with Crippen molar-refractivity contribution in [2.75, 3.05) is 47.4 Å². The first-order chi connectivity index (χ1) is 15.8. The van der Waals surface area contributed by atoms with Crippen LogP contribution in [0.5, 0.6) is 0 Å². The van der Waals surface area contributed by atoms with E-state index in [1.165, 1.54) is 4.90 Å². The monoisotopic (exact) mass is 460 g/mol. The fourth-order valence-electron chi connectivity index (χ4n) is 9.93. The van der Waals surface area contributed by atoms with Crippen molar-refractivity contribution in [2.24, 2.45) is 45.2 Å². The lowest BCUT2D eigenvalue weighted by molar-refractivity contribution is -0.829. The molecular formula is C25H40N4O4. The number of methoxy groups -OCH3 is 1. The number of aliphatic carboxylic acids is 1. The molecule has 1 aliphatic heterocycles.